The molecule has 1 aromatic heterocycles. The minimum absolute atomic E-state index is 0.0913. The molecule has 0 saturated carbocycles. The molecule has 2 unspecified atom stereocenters. The molecule has 0 bridgehead atoms. The van der Waals surface area contributed by atoms with Crippen LogP contribution in [-0.4, -0.2) is 46.3 Å². The number of nitrogens with zero attached hydrogens (tertiary/aromatic N) is 2. The van der Waals surface area contributed by atoms with E-state index in [1.54, 1.807) is 18.2 Å². The Balaban J connectivity index is 1.51. The first-order chi connectivity index (χ1) is 17.7. The van der Waals surface area contributed by atoms with Gasteiger partial charge in [0, 0.05) is 11.1 Å². The monoisotopic (exact) mass is 555 g/mol. The van der Waals surface area contributed by atoms with Crippen LogP contribution in [-0.2, 0) is 28.8 Å². The number of halogens is 4. The van der Waals surface area contributed by atoms with Crippen LogP contribution in [0.15, 0.2) is 47.6 Å². The van der Waals surface area contributed by atoms with E-state index in [2.05, 4.69) is 15.5 Å². The van der Waals surface area contributed by atoms with Gasteiger partial charge in [0.1, 0.15) is 17.4 Å². The number of hydrogen-bond donors (Lipinski definition) is 3. The first-order valence-electron chi connectivity index (χ1n) is 11.0. The number of benzene rings is 2. The fourth-order valence-corrected chi connectivity index (χ4v) is 4.71. The van der Waals surface area contributed by atoms with E-state index in [9.17, 15) is 23.1 Å². The number of hydrogen-bond acceptors (Lipinski definition) is 9. The highest BCUT2D eigenvalue weighted by Crippen LogP contribution is 2.34. The lowest BCUT2D eigenvalue weighted by molar-refractivity contribution is -0.137. The lowest BCUT2D eigenvalue weighted by Gasteiger charge is -2.10. The number of thiazole rings is 1. The highest BCUT2D eigenvalue weighted by atomic mass is 35.5. The minimum Gasteiger partial charge on any atom is -0.488 e. The second kappa shape index (κ2) is 11.5. The molecule has 3 aromatic rings. The molecule has 1 aliphatic rings. The Morgan fingerprint density at radius 2 is 2.00 bits per heavy atom. The molecule has 4 rings (SSSR count). The number of carbonyl (C=O) groups excluding carboxylic acids is 1. The zero-order valence-corrected chi connectivity index (χ0v) is 20.6. The number of aromatic nitrogens is 1. The van der Waals surface area contributed by atoms with Gasteiger partial charge in [0.05, 0.1) is 33.9 Å². The third-order valence-electron chi connectivity index (χ3n) is 5.39. The van der Waals surface area contributed by atoms with Gasteiger partial charge in [-0.3, -0.25) is 4.79 Å². The Bertz CT molecular complexity index is 1280. The fourth-order valence-electron chi connectivity index (χ4n) is 3.42. The summed E-state index contributed by atoms with van der Waals surface area (Å²) in [5.41, 5.74) is 0.882. The molecule has 0 spiro atoms. The highest BCUT2D eigenvalue weighted by molar-refractivity contribution is 7.15. The zero-order chi connectivity index (χ0) is 26.6. The van der Waals surface area contributed by atoms with Gasteiger partial charge in [0.2, 0.25) is 0 Å². The maximum absolute atomic E-state index is 12.9. The van der Waals surface area contributed by atoms with Crippen LogP contribution in [0.3, 0.4) is 0 Å². The number of oxime groups is 1. The number of amidine groups is 1. The topological polar surface area (TPSA) is 113 Å². The molecular weight excluding hydrogens is 535 g/mol. The van der Waals surface area contributed by atoms with Gasteiger partial charge in [0.15, 0.2) is 12.1 Å². The summed E-state index contributed by atoms with van der Waals surface area (Å²) in [6.07, 6.45) is -5.10. The average Bonchev–Trinajstić information content (AvgIpc) is 3.53. The molecular formula is C24H21ClF3N3O5S. The van der Waals surface area contributed by atoms with E-state index in [1.165, 1.54) is 23.5 Å². The number of carbonyl (C=O) groups is 1. The van der Waals surface area contributed by atoms with Crippen LogP contribution in [0.4, 0.5) is 13.2 Å². The summed E-state index contributed by atoms with van der Waals surface area (Å²) in [6.45, 7) is -0.306. The van der Waals surface area contributed by atoms with Crippen molar-refractivity contribution in [1.82, 2.24) is 10.3 Å². The van der Waals surface area contributed by atoms with E-state index < -0.39 is 30.7 Å². The van der Waals surface area contributed by atoms with Crippen molar-refractivity contribution in [2.45, 2.75) is 38.0 Å². The van der Waals surface area contributed by atoms with Gasteiger partial charge in [-0.05, 0) is 43.2 Å². The van der Waals surface area contributed by atoms with Crippen molar-refractivity contribution in [3.63, 3.8) is 0 Å². The van der Waals surface area contributed by atoms with Gasteiger partial charge in [-0.1, -0.05) is 28.9 Å². The smallest absolute Gasteiger partial charge is 0.416 e. The van der Waals surface area contributed by atoms with Crippen LogP contribution in [0.25, 0.3) is 10.6 Å². The third-order valence-corrected chi connectivity index (χ3v) is 6.82. The Morgan fingerprint density at radius 3 is 2.62 bits per heavy atom. The molecule has 0 fully saturated rings. The second-order valence-electron chi connectivity index (χ2n) is 8.02. The molecule has 0 amide bonds. The first-order valence-corrected chi connectivity index (χ1v) is 12.2. The van der Waals surface area contributed by atoms with Gasteiger partial charge in [0.25, 0.3) is 6.23 Å². The molecule has 196 valence electrons. The van der Waals surface area contributed by atoms with Crippen LogP contribution < -0.4 is 10.1 Å². The van der Waals surface area contributed by atoms with Crippen LogP contribution in [0.5, 0.6) is 5.75 Å². The molecule has 2 heterocycles. The molecule has 2 aromatic carbocycles. The normalized spacial score (nSPS) is 16.1. The van der Waals surface area contributed by atoms with Crippen molar-refractivity contribution < 1.29 is 37.8 Å². The van der Waals surface area contributed by atoms with E-state index in [-0.39, 0.29) is 13.0 Å². The predicted octanol–water partition coefficient (Wildman–Crippen LogP) is 4.15. The quantitative estimate of drug-likeness (QED) is 0.322. The molecule has 37 heavy (non-hydrogen) atoms. The van der Waals surface area contributed by atoms with E-state index in [0.29, 0.717) is 56.0 Å². The number of aldehydes is 1. The Morgan fingerprint density at radius 1 is 1.24 bits per heavy atom. The van der Waals surface area contributed by atoms with Crippen molar-refractivity contribution in [3.05, 3.63) is 69.2 Å². The first kappa shape index (κ1) is 26.9. The fraction of sp³-hybridized carbons (Fsp3) is 0.292. The van der Waals surface area contributed by atoms with Gasteiger partial charge in [-0.2, -0.15) is 13.2 Å². The summed E-state index contributed by atoms with van der Waals surface area (Å²) >= 11 is 7.62. The summed E-state index contributed by atoms with van der Waals surface area (Å²) in [6, 6.07) is 9.59. The van der Waals surface area contributed by atoms with Crippen LogP contribution in [0.2, 0.25) is 5.02 Å². The molecule has 0 radical (unpaired) electrons. The van der Waals surface area contributed by atoms with E-state index in [4.69, 9.17) is 26.3 Å². The third kappa shape index (κ3) is 6.58. The molecule has 1 aliphatic heterocycles. The summed E-state index contributed by atoms with van der Waals surface area (Å²) in [4.78, 5) is 21.0. The number of ether oxygens (including phenoxy) is 1. The van der Waals surface area contributed by atoms with Gasteiger partial charge >= 0.3 is 6.18 Å². The molecule has 8 nitrogen and oxygen atoms in total. The number of alkyl halides is 3. The second-order valence-corrected chi connectivity index (χ2v) is 9.51. The summed E-state index contributed by atoms with van der Waals surface area (Å²) in [5.74, 6) is 0.744. The minimum atomic E-state index is -4.44. The van der Waals surface area contributed by atoms with E-state index in [0.717, 1.165) is 12.1 Å². The molecule has 2 atom stereocenters. The zero-order valence-electron chi connectivity index (χ0n) is 19.0. The van der Waals surface area contributed by atoms with Crippen molar-refractivity contribution in [3.8, 4) is 16.3 Å². The number of aliphatic hydroxyl groups is 2. The summed E-state index contributed by atoms with van der Waals surface area (Å²) in [7, 11) is 0. The standard InChI is InChI=1S/C24H21ClF3N3O5S/c25-18-9-16(6-7-17(18)22-30-21(11-33)36-31-22)35-12-20-19(8-5-15(34)10-32)29-23(37-20)13-1-3-14(4-2-13)24(26,27)28/h1-4,6-7,9,11,15,21,32,34H,5,8,10,12H2,(H,30,31). The van der Waals surface area contributed by atoms with Crippen molar-refractivity contribution in [1.29, 1.82) is 0 Å². The van der Waals surface area contributed by atoms with E-state index in [1.807, 2.05) is 0 Å². The average molecular weight is 556 g/mol. The van der Waals surface area contributed by atoms with Gasteiger partial charge < -0.3 is 25.1 Å². The number of aliphatic hydroxyl groups excluding tert-OH is 2. The molecule has 3 N–H and O–H groups in total. The van der Waals surface area contributed by atoms with Crippen LogP contribution in [0.1, 0.15) is 28.1 Å². The van der Waals surface area contributed by atoms with Gasteiger partial charge in [-0.15, -0.1) is 11.3 Å². The lowest BCUT2D eigenvalue weighted by atomic mass is 10.1. The predicted molar refractivity (Wildman–Crippen MR) is 130 cm³/mol. The Hall–Kier alpha value is -3.19. The van der Waals surface area contributed by atoms with Gasteiger partial charge in [-0.25, -0.2) is 4.98 Å². The largest absolute Gasteiger partial charge is 0.488 e. The van der Waals surface area contributed by atoms with Crippen LogP contribution in [0, 0.1) is 0 Å². The number of nitrogens with one attached hydrogen (secondary N) is 1. The highest BCUT2D eigenvalue weighted by Gasteiger charge is 2.30. The van der Waals surface area contributed by atoms with Crippen molar-refractivity contribution in [2.24, 2.45) is 5.16 Å². The number of rotatable bonds is 10. The molecule has 0 saturated heterocycles. The van der Waals surface area contributed by atoms with Crippen molar-refractivity contribution >= 4 is 35.1 Å². The Kier molecular flexibility index (Phi) is 8.32. The maximum Gasteiger partial charge on any atom is 0.416 e. The molecule has 0 aliphatic carbocycles. The SMILES string of the molecule is O=CC1NC(c2ccc(OCc3sc(-c4ccc(C(F)(F)F)cc4)nc3CCC(O)CO)cc2Cl)=NO1. The summed E-state index contributed by atoms with van der Waals surface area (Å²) in [5, 5.41) is 26.3. The molecule has 13 heteroatoms. The number of aryl methyl sites for hydroxylation is 1. The lowest BCUT2D eigenvalue weighted by Crippen LogP contribution is -2.31. The van der Waals surface area contributed by atoms with E-state index >= 15 is 0 Å². The van der Waals surface area contributed by atoms with Crippen molar-refractivity contribution in [2.75, 3.05) is 6.61 Å². The Labute approximate surface area is 218 Å². The summed E-state index contributed by atoms with van der Waals surface area (Å²) < 4.78 is 44.7. The van der Waals surface area contributed by atoms with Crippen LogP contribution >= 0.6 is 22.9 Å². The maximum atomic E-state index is 12.9.